The molecule has 1 saturated heterocycles. The van der Waals surface area contributed by atoms with Gasteiger partial charge in [-0.15, -0.1) is 0 Å². The molecule has 22 heavy (non-hydrogen) atoms. The van der Waals surface area contributed by atoms with Gasteiger partial charge in [-0.2, -0.15) is 5.10 Å². The van der Waals surface area contributed by atoms with Gasteiger partial charge in [-0.1, -0.05) is 23.2 Å². The smallest absolute Gasteiger partial charge is 0.287 e. The van der Waals surface area contributed by atoms with Crippen molar-refractivity contribution in [2.24, 2.45) is 7.05 Å². The minimum absolute atomic E-state index is 0.218. The minimum Gasteiger partial charge on any atom is -0.365 e. The Morgan fingerprint density at radius 1 is 1.05 bits per heavy atom. The molecule has 0 bridgehead atoms. The Bertz CT molecular complexity index is 723. The van der Waals surface area contributed by atoms with E-state index in [4.69, 9.17) is 23.2 Å². The maximum Gasteiger partial charge on any atom is 0.287 e. The Labute approximate surface area is 137 Å². The van der Waals surface area contributed by atoms with Crippen LogP contribution in [0.3, 0.4) is 0 Å². The van der Waals surface area contributed by atoms with Crippen LogP contribution in [0, 0.1) is 0 Å². The lowest BCUT2D eigenvalue weighted by Gasteiger charge is -2.36. The van der Waals surface area contributed by atoms with Crippen molar-refractivity contribution in [3.8, 4) is 0 Å². The SMILES string of the molecule is Cn1ncc(N2CCN(c3ccc(Cl)cn3)CC2)c(Cl)c1=O. The average Bonchev–Trinajstić information content (AvgIpc) is 2.54. The van der Waals surface area contributed by atoms with E-state index in [1.54, 1.807) is 19.4 Å². The lowest BCUT2D eigenvalue weighted by Crippen LogP contribution is -2.47. The number of aryl methyl sites for hydroxylation is 1. The van der Waals surface area contributed by atoms with Crippen LogP contribution in [-0.4, -0.2) is 40.9 Å². The van der Waals surface area contributed by atoms with Crippen molar-refractivity contribution in [1.82, 2.24) is 14.8 Å². The maximum absolute atomic E-state index is 11.9. The summed E-state index contributed by atoms with van der Waals surface area (Å²) < 4.78 is 1.24. The molecular weight excluding hydrogens is 325 g/mol. The third kappa shape index (κ3) is 2.89. The third-order valence-corrected chi connectivity index (χ3v) is 4.29. The molecule has 0 unspecified atom stereocenters. The molecule has 0 aromatic carbocycles. The molecule has 0 spiro atoms. The monoisotopic (exact) mass is 339 g/mol. The van der Waals surface area contributed by atoms with E-state index in [-0.39, 0.29) is 10.6 Å². The van der Waals surface area contributed by atoms with Crippen LogP contribution in [0.4, 0.5) is 11.5 Å². The number of hydrogen-bond donors (Lipinski definition) is 0. The molecule has 8 heteroatoms. The topological polar surface area (TPSA) is 54.3 Å². The molecular formula is C14H15Cl2N5O. The first kappa shape index (κ1) is 15.1. The van der Waals surface area contributed by atoms with E-state index in [1.165, 1.54) is 4.68 Å². The van der Waals surface area contributed by atoms with Gasteiger partial charge in [0.1, 0.15) is 10.8 Å². The van der Waals surface area contributed by atoms with Crippen LogP contribution in [0.1, 0.15) is 0 Å². The Hall–Kier alpha value is -1.79. The van der Waals surface area contributed by atoms with Crippen molar-refractivity contribution < 1.29 is 0 Å². The predicted molar refractivity (Wildman–Crippen MR) is 88.2 cm³/mol. The largest absolute Gasteiger partial charge is 0.365 e. The molecule has 1 fully saturated rings. The summed E-state index contributed by atoms with van der Waals surface area (Å²) in [5.41, 5.74) is 0.412. The fraction of sp³-hybridized carbons (Fsp3) is 0.357. The van der Waals surface area contributed by atoms with E-state index in [9.17, 15) is 4.79 Å². The van der Waals surface area contributed by atoms with Crippen LogP contribution in [-0.2, 0) is 7.05 Å². The lowest BCUT2D eigenvalue weighted by molar-refractivity contribution is 0.638. The van der Waals surface area contributed by atoms with Gasteiger partial charge in [0.25, 0.3) is 5.56 Å². The van der Waals surface area contributed by atoms with Crippen LogP contribution in [0.15, 0.2) is 29.3 Å². The summed E-state index contributed by atoms with van der Waals surface area (Å²) in [6.45, 7) is 3.08. The summed E-state index contributed by atoms with van der Waals surface area (Å²) in [7, 11) is 1.59. The summed E-state index contributed by atoms with van der Waals surface area (Å²) in [6.07, 6.45) is 3.28. The number of rotatable bonds is 2. The summed E-state index contributed by atoms with van der Waals surface area (Å²) in [6, 6.07) is 3.74. The molecule has 0 atom stereocenters. The lowest BCUT2D eigenvalue weighted by atomic mass is 10.2. The number of aromatic nitrogens is 3. The highest BCUT2D eigenvalue weighted by Crippen LogP contribution is 2.23. The summed E-state index contributed by atoms with van der Waals surface area (Å²) in [4.78, 5) is 20.4. The molecule has 0 amide bonds. The van der Waals surface area contributed by atoms with Crippen molar-refractivity contribution in [3.63, 3.8) is 0 Å². The van der Waals surface area contributed by atoms with Crippen molar-refractivity contribution in [2.45, 2.75) is 0 Å². The molecule has 6 nitrogen and oxygen atoms in total. The third-order valence-electron chi connectivity index (χ3n) is 3.72. The highest BCUT2D eigenvalue weighted by atomic mass is 35.5. The van der Waals surface area contributed by atoms with Crippen molar-refractivity contribution in [1.29, 1.82) is 0 Å². The van der Waals surface area contributed by atoms with Crippen LogP contribution < -0.4 is 15.4 Å². The summed E-state index contributed by atoms with van der Waals surface area (Å²) >= 11 is 12.0. The Balaban J connectivity index is 1.73. The second-order valence-corrected chi connectivity index (χ2v) is 5.90. The second-order valence-electron chi connectivity index (χ2n) is 5.08. The molecule has 3 rings (SSSR count). The van der Waals surface area contributed by atoms with Gasteiger partial charge >= 0.3 is 0 Å². The summed E-state index contributed by atoms with van der Waals surface area (Å²) in [5, 5.41) is 4.88. The van der Waals surface area contributed by atoms with Gasteiger partial charge in [0, 0.05) is 39.4 Å². The Morgan fingerprint density at radius 2 is 1.73 bits per heavy atom. The van der Waals surface area contributed by atoms with Crippen molar-refractivity contribution in [2.75, 3.05) is 36.0 Å². The summed E-state index contributed by atoms with van der Waals surface area (Å²) in [5.74, 6) is 0.900. The number of piperazine rings is 1. The van der Waals surface area contributed by atoms with Gasteiger partial charge < -0.3 is 9.80 Å². The van der Waals surface area contributed by atoms with Gasteiger partial charge in [-0.25, -0.2) is 9.67 Å². The number of anilines is 2. The molecule has 116 valence electrons. The van der Waals surface area contributed by atoms with E-state index in [0.29, 0.717) is 10.7 Å². The highest BCUT2D eigenvalue weighted by Gasteiger charge is 2.21. The van der Waals surface area contributed by atoms with E-state index in [1.807, 2.05) is 12.1 Å². The number of halogens is 2. The minimum atomic E-state index is -0.277. The maximum atomic E-state index is 11.9. The van der Waals surface area contributed by atoms with Crippen LogP contribution in [0.5, 0.6) is 0 Å². The molecule has 2 aromatic heterocycles. The van der Waals surface area contributed by atoms with Gasteiger partial charge in [-0.3, -0.25) is 4.79 Å². The van der Waals surface area contributed by atoms with Gasteiger partial charge in [-0.05, 0) is 12.1 Å². The van der Waals surface area contributed by atoms with E-state index < -0.39 is 0 Å². The van der Waals surface area contributed by atoms with Crippen LogP contribution in [0.25, 0.3) is 0 Å². The molecule has 0 radical (unpaired) electrons. The second kappa shape index (κ2) is 6.14. The Kier molecular flexibility index (Phi) is 4.22. The molecule has 0 saturated carbocycles. The highest BCUT2D eigenvalue weighted by molar-refractivity contribution is 6.33. The van der Waals surface area contributed by atoms with E-state index in [0.717, 1.165) is 32.0 Å². The quantitative estimate of drug-likeness (QED) is 0.835. The van der Waals surface area contributed by atoms with Crippen LogP contribution in [0.2, 0.25) is 10.0 Å². The fourth-order valence-corrected chi connectivity index (χ4v) is 2.86. The zero-order valence-corrected chi connectivity index (χ0v) is 13.5. The molecule has 0 aliphatic carbocycles. The first-order valence-corrected chi connectivity index (χ1v) is 7.65. The molecule has 0 N–H and O–H groups in total. The molecule has 1 aliphatic heterocycles. The van der Waals surface area contributed by atoms with E-state index in [2.05, 4.69) is 19.9 Å². The first-order chi connectivity index (χ1) is 10.6. The molecule has 3 heterocycles. The van der Waals surface area contributed by atoms with Crippen molar-refractivity contribution in [3.05, 3.63) is 44.9 Å². The Morgan fingerprint density at radius 3 is 2.36 bits per heavy atom. The zero-order valence-electron chi connectivity index (χ0n) is 12.0. The fourth-order valence-electron chi connectivity index (χ4n) is 2.45. The first-order valence-electron chi connectivity index (χ1n) is 6.89. The van der Waals surface area contributed by atoms with Gasteiger partial charge in [0.2, 0.25) is 0 Å². The van der Waals surface area contributed by atoms with Gasteiger partial charge in [0.05, 0.1) is 16.9 Å². The van der Waals surface area contributed by atoms with Gasteiger partial charge in [0.15, 0.2) is 0 Å². The van der Waals surface area contributed by atoms with Crippen molar-refractivity contribution >= 4 is 34.7 Å². The molecule has 1 aliphatic rings. The average molecular weight is 340 g/mol. The molecule has 2 aromatic rings. The zero-order chi connectivity index (χ0) is 15.7. The number of pyridine rings is 1. The standard InChI is InChI=1S/C14H15Cl2N5O/c1-19-14(22)13(16)11(9-18-19)20-4-6-21(7-5-20)12-3-2-10(15)8-17-12/h2-3,8-9H,4-7H2,1H3. The number of hydrogen-bond acceptors (Lipinski definition) is 5. The predicted octanol–water partition coefficient (Wildman–Crippen LogP) is 1.81. The van der Waals surface area contributed by atoms with E-state index >= 15 is 0 Å². The normalized spacial score (nSPS) is 15.2. The number of nitrogens with zero attached hydrogens (tertiary/aromatic N) is 5. The van der Waals surface area contributed by atoms with Crippen LogP contribution >= 0.6 is 23.2 Å².